The van der Waals surface area contributed by atoms with Crippen molar-refractivity contribution in [1.82, 2.24) is 0 Å². The number of aliphatic hydroxyl groups is 1. The van der Waals surface area contributed by atoms with E-state index in [1.54, 1.807) is 0 Å². The van der Waals surface area contributed by atoms with Gasteiger partial charge in [-0.25, -0.2) is 4.79 Å². The van der Waals surface area contributed by atoms with Crippen LogP contribution in [0.2, 0.25) is 0 Å². The third kappa shape index (κ3) is 2.51. The molecule has 0 fully saturated rings. The summed E-state index contributed by atoms with van der Waals surface area (Å²) in [7, 11) is 0. The van der Waals surface area contributed by atoms with Crippen molar-refractivity contribution >= 4 is 5.97 Å². The summed E-state index contributed by atoms with van der Waals surface area (Å²) in [5.41, 5.74) is 0. The van der Waals surface area contributed by atoms with Crippen molar-refractivity contribution in [2.75, 3.05) is 6.61 Å². The summed E-state index contributed by atoms with van der Waals surface area (Å²) >= 11 is 0. The number of carbonyl (C=O) groups is 1. The van der Waals surface area contributed by atoms with Gasteiger partial charge in [0.25, 0.3) is 6.26 Å². The van der Waals surface area contributed by atoms with E-state index in [2.05, 4.69) is 4.74 Å². The minimum Gasteiger partial charge on any atom is -0.478 e. The molecule has 5 heteroatoms. The van der Waals surface area contributed by atoms with Crippen LogP contribution in [0.5, 0.6) is 0 Å². The molecule has 2 N–H and O–H groups in total. The van der Waals surface area contributed by atoms with Gasteiger partial charge < -0.3 is 14.9 Å². The standard InChI is InChI=1S/C4H5NO4/c5-2-9-3(1-6)4(7)8/h3,6H,1H2,(H,7,8). The Morgan fingerprint density at radius 2 is 2.44 bits per heavy atom. The second-order valence-corrected chi connectivity index (χ2v) is 1.22. The van der Waals surface area contributed by atoms with Crippen LogP contribution in [0.25, 0.3) is 0 Å². The second kappa shape index (κ2) is 3.69. The van der Waals surface area contributed by atoms with Gasteiger partial charge in [-0.3, -0.25) is 0 Å². The zero-order valence-corrected chi connectivity index (χ0v) is 4.44. The SMILES string of the molecule is N#COC(CO)C(=O)O. The Hall–Kier alpha value is -1.28. The number of aliphatic hydroxyl groups excluding tert-OH is 1. The normalized spacial score (nSPS) is 11.6. The van der Waals surface area contributed by atoms with Crippen molar-refractivity contribution in [3.63, 3.8) is 0 Å². The number of aliphatic carboxylic acids is 1. The number of hydrogen-bond donors (Lipinski definition) is 2. The van der Waals surface area contributed by atoms with Crippen LogP contribution in [-0.4, -0.2) is 28.9 Å². The van der Waals surface area contributed by atoms with Gasteiger partial charge in [-0.05, 0) is 0 Å². The average molecular weight is 131 g/mol. The first-order valence-corrected chi connectivity index (χ1v) is 2.10. The van der Waals surface area contributed by atoms with E-state index < -0.39 is 18.7 Å². The molecule has 0 rings (SSSR count). The van der Waals surface area contributed by atoms with Gasteiger partial charge in [0, 0.05) is 0 Å². The van der Waals surface area contributed by atoms with Crippen molar-refractivity contribution in [1.29, 1.82) is 5.26 Å². The first kappa shape index (κ1) is 7.72. The maximum Gasteiger partial charge on any atom is 0.348 e. The smallest absolute Gasteiger partial charge is 0.348 e. The summed E-state index contributed by atoms with van der Waals surface area (Å²) in [5, 5.41) is 24.0. The average Bonchev–Trinajstić information content (AvgIpc) is 1.82. The lowest BCUT2D eigenvalue weighted by atomic mass is 10.4. The van der Waals surface area contributed by atoms with E-state index in [1.165, 1.54) is 0 Å². The molecule has 0 aliphatic rings. The summed E-state index contributed by atoms with van der Waals surface area (Å²) in [5.74, 6) is -1.35. The highest BCUT2D eigenvalue weighted by molar-refractivity contribution is 5.72. The zero-order valence-electron chi connectivity index (χ0n) is 4.44. The summed E-state index contributed by atoms with van der Waals surface area (Å²) < 4.78 is 3.91. The maximum absolute atomic E-state index is 9.88. The molecule has 0 radical (unpaired) electrons. The molecule has 0 saturated heterocycles. The maximum atomic E-state index is 9.88. The van der Waals surface area contributed by atoms with Crippen LogP contribution in [-0.2, 0) is 9.53 Å². The lowest BCUT2D eigenvalue weighted by molar-refractivity contribution is -0.148. The fraction of sp³-hybridized carbons (Fsp3) is 0.500. The predicted octanol–water partition coefficient (Wildman–Crippen LogP) is -1.07. The molecule has 9 heavy (non-hydrogen) atoms. The van der Waals surface area contributed by atoms with Crippen LogP contribution < -0.4 is 0 Å². The molecule has 0 bridgehead atoms. The highest BCUT2D eigenvalue weighted by Gasteiger charge is 2.16. The molecule has 0 amide bonds. The largest absolute Gasteiger partial charge is 0.478 e. The minimum atomic E-state index is -1.42. The quantitative estimate of drug-likeness (QED) is 0.476. The Balaban J connectivity index is 3.71. The van der Waals surface area contributed by atoms with Crippen LogP contribution in [0.4, 0.5) is 0 Å². The third-order valence-electron chi connectivity index (χ3n) is 0.636. The summed E-state index contributed by atoms with van der Waals surface area (Å²) in [6.45, 7) is -0.692. The Morgan fingerprint density at radius 3 is 2.56 bits per heavy atom. The van der Waals surface area contributed by atoms with Crippen LogP contribution in [0.15, 0.2) is 0 Å². The van der Waals surface area contributed by atoms with Crippen LogP contribution in [0.3, 0.4) is 0 Å². The van der Waals surface area contributed by atoms with E-state index in [0.29, 0.717) is 0 Å². The molecular formula is C4H5NO4. The molecule has 0 aliphatic heterocycles. The summed E-state index contributed by atoms with van der Waals surface area (Å²) in [6, 6.07) is 0. The fourth-order valence-electron chi connectivity index (χ4n) is 0.229. The molecule has 1 atom stereocenters. The molecule has 0 aromatic rings. The van der Waals surface area contributed by atoms with Crippen molar-refractivity contribution in [2.24, 2.45) is 0 Å². The molecule has 0 aromatic heterocycles. The highest BCUT2D eigenvalue weighted by atomic mass is 16.5. The van der Waals surface area contributed by atoms with Gasteiger partial charge in [-0.2, -0.15) is 5.26 Å². The predicted molar refractivity (Wildman–Crippen MR) is 25.2 cm³/mol. The molecule has 0 spiro atoms. The molecular weight excluding hydrogens is 126 g/mol. The minimum absolute atomic E-state index is 0.692. The monoisotopic (exact) mass is 131 g/mol. The lowest BCUT2D eigenvalue weighted by Gasteiger charge is -2.02. The number of carboxylic acids is 1. The van der Waals surface area contributed by atoms with E-state index in [1.807, 2.05) is 0 Å². The van der Waals surface area contributed by atoms with Crippen molar-refractivity contribution in [2.45, 2.75) is 6.10 Å². The van der Waals surface area contributed by atoms with Gasteiger partial charge in [0.05, 0.1) is 6.61 Å². The van der Waals surface area contributed by atoms with E-state index in [9.17, 15) is 4.79 Å². The van der Waals surface area contributed by atoms with Gasteiger partial charge in [0.2, 0.25) is 6.10 Å². The Kier molecular flexibility index (Phi) is 3.16. The van der Waals surface area contributed by atoms with Gasteiger partial charge in [-0.1, -0.05) is 0 Å². The van der Waals surface area contributed by atoms with Gasteiger partial charge in [-0.15, -0.1) is 0 Å². The molecule has 50 valence electrons. The zero-order chi connectivity index (χ0) is 7.28. The van der Waals surface area contributed by atoms with E-state index in [-0.39, 0.29) is 0 Å². The molecule has 0 heterocycles. The Labute approximate surface area is 51.1 Å². The number of hydrogen-bond acceptors (Lipinski definition) is 4. The molecule has 5 nitrogen and oxygen atoms in total. The van der Waals surface area contributed by atoms with Crippen molar-refractivity contribution in [3.8, 4) is 6.26 Å². The van der Waals surface area contributed by atoms with Gasteiger partial charge in [0.1, 0.15) is 0 Å². The first-order valence-electron chi connectivity index (χ1n) is 2.10. The first-order chi connectivity index (χ1) is 4.22. The van der Waals surface area contributed by atoms with Crippen LogP contribution in [0.1, 0.15) is 0 Å². The topological polar surface area (TPSA) is 90.5 Å². The lowest BCUT2D eigenvalue weighted by Crippen LogP contribution is -2.25. The van der Waals surface area contributed by atoms with Crippen molar-refractivity contribution in [3.05, 3.63) is 0 Å². The number of carboxylic acid groups (broad SMARTS) is 1. The van der Waals surface area contributed by atoms with Crippen molar-refractivity contribution < 1.29 is 19.7 Å². The number of ether oxygens (including phenoxy) is 1. The summed E-state index contributed by atoms with van der Waals surface area (Å²) in [6.07, 6.45) is -0.262. The third-order valence-corrected chi connectivity index (χ3v) is 0.636. The fourth-order valence-corrected chi connectivity index (χ4v) is 0.229. The Bertz CT molecular complexity index is 138. The van der Waals surface area contributed by atoms with Crippen LogP contribution in [0, 0.1) is 11.5 Å². The van der Waals surface area contributed by atoms with Gasteiger partial charge >= 0.3 is 5.97 Å². The van der Waals surface area contributed by atoms with E-state index in [4.69, 9.17) is 15.5 Å². The highest BCUT2D eigenvalue weighted by Crippen LogP contribution is 1.87. The number of nitrogens with zero attached hydrogens (tertiary/aromatic N) is 1. The second-order valence-electron chi connectivity index (χ2n) is 1.22. The van der Waals surface area contributed by atoms with Gasteiger partial charge in [0.15, 0.2) is 0 Å². The molecule has 1 unspecified atom stereocenters. The number of rotatable bonds is 3. The Morgan fingerprint density at radius 1 is 1.89 bits per heavy atom. The van der Waals surface area contributed by atoms with Crippen LogP contribution >= 0.6 is 0 Å². The van der Waals surface area contributed by atoms with E-state index in [0.717, 1.165) is 6.26 Å². The molecule has 0 saturated carbocycles. The van der Waals surface area contributed by atoms with E-state index >= 15 is 0 Å². The number of nitriles is 1. The molecule has 0 aromatic carbocycles. The summed E-state index contributed by atoms with van der Waals surface area (Å²) in [4.78, 5) is 9.88. The molecule has 0 aliphatic carbocycles.